The third-order valence-electron chi connectivity index (χ3n) is 11.3. The van der Waals surface area contributed by atoms with Crippen LogP contribution in [0.5, 0.6) is 11.5 Å². The van der Waals surface area contributed by atoms with Gasteiger partial charge in [-0.1, -0.05) is 155 Å². The minimum atomic E-state index is -0.0280. The zero-order chi connectivity index (χ0) is 42.2. The van der Waals surface area contributed by atoms with E-state index in [2.05, 4.69) is 52.7 Å². The van der Waals surface area contributed by atoms with Gasteiger partial charge >= 0.3 is 0 Å². The van der Waals surface area contributed by atoms with Crippen molar-refractivity contribution in [1.82, 2.24) is 0 Å². The van der Waals surface area contributed by atoms with Crippen LogP contribution < -0.4 is 20.1 Å². The molecule has 0 bridgehead atoms. The molecule has 2 aromatic carbocycles. The standard InChI is InChI=1S/C50H86N4O4/c1-7-9-11-13-15-17-19-21-23-25-27-29-41-57-47-35-31-45(32-36-47)51-49(55)43-53(3,4)39-40-54(5,6)44-50(56)52-46-33-37-48(38-34-46)58-42-30-28-26-24-22-20-18-16-14-12-10-8-2/h31-38H,7-30,39-44H2,1-6H3/p+2. The number of carbonyl (C=O) groups is 2. The summed E-state index contributed by atoms with van der Waals surface area (Å²) in [4.78, 5) is 26.0. The highest BCUT2D eigenvalue weighted by atomic mass is 16.5. The highest BCUT2D eigenvalue weighted by Crippen LogP contribution is 2.19. The maximum absolute atomic E-state index is 13.0. The van der Waals surface area contributed by atoms with Crippen molar-refractivity contribution >= 4 is 23.2 Å². The number of unbranched alkanes of at least 4 members (excludes halogenated alkanes) is 22. The summed E-state index contributed by atoms with van der Waals surface area (Å²) in [5.41, 5.74) is 1.55. The molecule has 0 atom stereocenters. The Bertz CT molecular complexity index is 1210. The Morgan fingerprint density at radius 2 is 0.672 bits per heavy atom. The molecule has 0 unspecified atom stereocenters. The van der Waals surface area contributed by atoms with Gasteiger partial charge in [0.2, 0.25) is 0 Å². The highest BCUT2D eigenvalue weighted by Gasteiger charge is 2.27. The summed E-state index contributed by atoms with van der Waals surface area (Å²) in [6, 6.07) is 15.4. The van der Waals surface area contributed by atoms with Gasteiger partial charge in [-0.25, -0.2) is 0 Å². The molecule has 0 aliphatic heterocycles. The van der Waals surface area contributed by atoms with Gasteiger partial charge in [-0.15, -0.1) is 0 Å². The zero-order valence-electron chi connectivity index (χ0n) is 38.4. The highest BCUT2D eigenvalue weighted by molar-refractivity contribution is 5.92. The lowest BCUT2D eigenvalue weighted by atomic mass is 10.1. The molecule has 8 heteroatoms. The zero-order valence-corrected chi connectivity index (χ0v) is 38.4. The van der Waals surface area contributed by atoms with Gasteiger partial charge in [0.25, 0.3) is 11.8 Å². The smallest absolute Gasteiger partial charge is 0.279 e. The quantitative estimate of drug-likeness (QED) is 0.0526. The first-order chi connectivity index (χ1) is 28.0. The van der Waals surface area contributed by atoms with E-state index in [-0.39, 0.29) is 11.8 Å². The number of hydrogen-bond acceptors (Lipinski definition) is 4. The van der Waals surface area contributed by atoms with Crippen molar-refractivity contribution in [2.45, 2.75) is 168 Å². The Balaban J connectivity index is 1.55. The summed E-state index contributed by atoms with van der Waals surface area (Å²) >= 11 is 0. The minimum absolute atomic E-state index is 0.0280. The minimum Gasteiger partial charge on any atom is -0.494 e. The van der Waals surface area contributed by atoms with Crippen LogP contribution in [0.2, 0.25) is 0 Å². The number of hydrogen-bond donors (Lipinski definition) is 2. The van der Waals surface area contributed by atoms with Gasteiger partial charge in [-0.05, 0) is 61.4 Å². The van der Waals surface area contributed by atoms with E-state index in [0.29, 0.717) is 22.1 Å². The van der Waals surface area contributed by atoms with Gasteiger partial charge in [-0.2, -0.15) is 0 Å². The Kier molecular flexibility index (Phi) is 28.0. The summed E-state index contributed by atoms with van der Waals surface area (Å²) in [5, 5.41) is 6.09. The Morgan fingerprint density at radius 1 is 0.414 bits per heavy atom. The van der Waals surface area contributed by atoms with Crippen LogP contribution >= 0.6 is 0 Å². The van der Waals surface area contributed by atoms with Crippen molar-refractivity contribution in [3.63, 3.8) is 0 Å². The lowest BCUT2D eigenvalue weighted by molar-refractivity contribution is -0.938. The number of quaternary nitrogens is 2. The molecule has 58 heavy (non-hydrogen) atoms. The van der Waals surface area contributed by atoms with Crippen molar-refractivity contribution in [1.29, 1.82) is 0 Å². The monoisotopic (exact) mass is 809 g/mol. The summed E-state index contributed by atoms with van der Waals surface area (Å²) in [6.45, 7) is 8.21. The topological polar surface area (TPSA) is 76.7 Å². The van der Waals surface area contributed by atoms with E-state index < -0.39 is 0 Å². The second kappa shape index (κ2) is 31.8. The van der Waals surface area contributed by atoms with Gasteiger partial charge in [-0.3, -0.25) is 9.59 Å². The van der Waals surface area contributed by atoms with E-state index in [1.54, 1.807) is 0 Å². The van der Waals surface area contributed by atoms with Crippen LogP contribution in [0, 0.1) is 0 Å². The molecule has 0 spiro atoms. The number of ether oxygens (including phenoxy) is 2. The van der Waals surface area contributed by atoms with E-state index >= 15 is 0 Å². The molecule has 8 nitrogen and oxygen atoms in total. The molecule has 0 aliphatic rings. The fourth-order valence-electron chi connectivity index (χ4n) is 7.41. The van der Waals surface area contributed by atoms with Crippen LogP contribution in [0.25, 0.3) is 0 Å². The summed E-state index contributed by atoms with van der Waals surface area (Å²) in [6.07, 6.45) is 32.0. The van der Waals surface area contributed by atoms with Crippen LogP contribution in [0.15, 0.2) is 48.5 Å². The molecule has 0 radical (unpaired) electrons. The molecule has 0 fully saturated rings. The molecule has 2 rings (SSSR count). The first-order valence-corrected chi connectivity index (χ1v) is 23.7. The Hall–Kier alpha value is -3.10. The molecule has 0 saturated carbocycles. The normalized spacial score (nSPS) is 11.8. The second-order valence-corrected chi connectivity index (χ2v) is 18.3. The number of nitrogens with one attached hydrogen (secondary N) is 2. The SMILES string of the molecule is CCCCCCCCCCCCCCOc1ccc(NC(=O)C[N+](C)(C)CC[N+](C)(C)CC(=O)Nc2ccc(OCCCCCCCCCCCCCC)cc2)cc1. The van der Waals surface area contributed by atoms with Crippen molar-refractivity contribution < 1.29 is 28.0 Å². The summed E-state index contributed by atoms with van der Waals surface area (Å²) < 4.78 is 13.0. The van der Waals surface area contributed by atoms with Crippen molar-refractivity contribution in [2.75, 3.05) is 78.2 Å². The molecular formula is C50H88N4O4+2. The molecule has 2 N–H and O–H groups in total. The first-order valence-electron chi connectivity index (χ1n) is 23.7. The number of rotatable bonds is 37. The van der Waals surface area contributed by atoms with Crippen molar-refractivity contribution in [3.8, 4) is 11.5 Å². The maximum atomic E-state index is 13.0. The van der Waals surface area contributed by atoms with Crippen LogP contribution in [-0.2, 0) is 9.59 Å². The molecule has 0 saturated heterocycles. The van der Waals surface area contributed by atoms with Crippen molar-refractivity contribution in [2.24, 2.45) is 0 Å². The number of benzene rings is 2. The van der Waals surface area contributed by atoms with E-state index in [0.717, 1.165) is 62.0 Å². The lowest BCUT2D eigenvalue weighted by Gasteiger charge is -2.34. The van der Waals surface area contributed by atoms with E-state index in [1.807, 2.05) is 48.5 Å². The molecule has 0 aliphatic carbocycles. The van der Waals surface area contributed by atoms with Gasteiger partial charge in [0.1, 0.15) is 24.6 Å². The molecule has 0 heterocycles. The molecule has 2 amide bonds. The first kappa shape index (κ1) is 51.0. The van der Waals surface area contributed by atoms with Gasteiger partial charge in [0.15, 0.2) is 13.1 Å². The predicted octanol–water partition coefficient (Wildman–Crippen LogP) is 12.6. The van der Waals surface area contributed by atoms with Crippen molar-refractivity contribution in [3.05, 3.63) is 48.5 Å². The van der Waals surface area contributed by atoms with E-state index in [1.165, 1.54) is 141 Å². The van der Waals surface area contributed by atoms with Gasteiger partial charge < -0.3 is 29.1 Å². The van der Waals surface area contributed by atoms with Crippen LogP contribution in [0.3, 0.4) is 0 Å². The van der Waals surface area contributed by atoms with Crippen LogP contribution in [0.4, 0.5) is 11.4 Å². The van der Waals surface area contributed by atoms with Crippen LogP contribution in [-0.4, -0.2) is 88.4 Å². The predicted molar refractivity (Wildman–Crippen MR) is 247 cm³/mol. The molecular weight excluding hydrogens is 721 g/mol. The summed E-state index contributed by atoms with van der Waals surface area (Å²) in [5.74, 6) is 1.62. The number of amides is 2. The molecule has 330 valence electrons. The Labute approximate surface area is 356 Å². The fourth-order valence-corrected chi connectivity index (χ4v) is 7.41. The average Bonchev–Trinajstić information content (AvgIpc) is 3.18. The van der Waals surface area contributed by atoms with E-state index in [9.17, 15) is 9.59 Å². The number of nitrogens with zero attached hydrogens (tertiary/aromatic N) is 2. The number of anilines is 2. The number of likely N-dealkylation sites (N-methyl/N-ethyl adjacent to an activating group) is 2. The average molecular weight is 809 g/mol. The third kappa shape index (κ3) is 27.6. The summed E-state index contributed by atoms with van der Waals surface area (Å²) in [7, 11) is 8.25. The molecule has 2 aromatic rings. The van der Waals surface area contributed by atoms with Gasteiger partial charge in [0.05, 0.1) is 41.4 Å². The Morgan fingerprint density at radius 3 is 0.948 bits per heavy atom. The molecule has 0 aromatic heterocycles. The largest absolute Gasteiger partial charge is 0.494 e. The van der Waals surface area contributed by atoms with E-state index in [4.69, 9.17) is 9.47 Å². The third-order valence-corrected chi connectivity index (χ3v) is 11.3. The van der Waals surface area contributed by atoms with Gasteiger partial charge in [0, 0.05) is 11.4 Å². The second-order valence-electron chi connectivity index (χ2n) is 18.3. The maximum Gasteiger partial charge on any atom is 0.279 e. The fraction of sp³-hybridized carbons (Fsp3) is 0.720. The number of carbonyl (C=O) groups excluding carboxylic acids is 2. The lowest BCUT2D eigenvalue weighted by Crippen LogP contribution is -2.54. The van der Waals surface area contributed by atoms with Crippen LogP contribution in [0.1, 0.15) is 168 Å².